The van der Waals surface area contributed by atoms with Gasteiger partial charge in [0.25, 0.3) is 0 Å². The zero-order chi connectivity index (χ0) is 14.9. The number of nitrogens with zero attached hydrogens (tertiary/aromatic N) is 1. The molecule has 0 amide bonds. The molecular formula is C14H12F3NOS. The summed E-state index contributed by atoms with van der Waals surface area (Å²) in [5, 5.41) is 9.83. The first-order valence-electron chi connectivity index (χ1n) is 5.78. The molecule has 0 saturated carbocycles. The third-order valence-corrected chi connectivity index (χ3v) is 3.92. The first-order chi connectivity index (χ1) is 9.27. The van der Waals surface area contributed by atoms with Gasteiger partial charge in [-0.15, -0.1) is 11.3 Å². The predicted octanol–water partition coefficient (Wildman–Crippen LogP) is 4.75. The molecule has 0 spiro atoms. The first-order valence-corrected chi connectivity index (χ1v) is 6.59. The third kappa shape index (κ3) is 3.19. The Morgan fingerprint density at radius 2 is 1.90 bits per heavy atom. The molecule has 1 heterocycles. The van der Waals surface area contributed by atoms with Gasteiger partial charge in [0.15, 0.2) is 0 Å². The summed E-state index contributed by atoms with van der Waals surface area (Å²) in [4.78, 5) is 5.16. The molecule has 1 aromatic heterocycles. The third-order valence-electron chi connectivity index (χ3n) is 2.72. The number of rotatable bonds is 3. The van der Waals surface area contributed by atoms with Crippen LogP contribution in [-0.4, -0.2) is 10.1 Å². The topological polar surface area (TPSA) is 33.1 Å². The van der Waals surface area contributed by atoms with Gasteiger partial charge in [0.1, 0.15) is 5.01 Å². The van der Waals surface area contributed by atoms with Crippen LogP contribution in [0.3, 0.4) is 0 Å². The standard InChI is InChI=1S/C14H12F3NOS/c1-8(19)7-12-9(2)18-13(20-12)10-3-5-11(6-4-10)14(15,16)17/h3-6,19H,1,7H2,2H3. The second-order valence-electron chi connectivity index (χ2n) is 4.35. The number of hydrogen-bond acceptors (Lipinski definition) is 3. The fraction of sp³-hybridized carbons (Fsp3) is 0.214. The second-order valence-corrected chi connectivity index (χ2v) is 5.43. The van der Waals surface area contributed by atoms with Crippen LogP contribution in [0.5, 0.6) is 0 Å². The number of thiazole rings is 1. The number of alkyl halides is 3. The Hall–Kier alpha value is -1.82. The van der Waals surface area contributed by atoms with E-state index in [0.29, 0.717) is 17.0 Å². The molecule has 0 aliphatic heterocycles. The van der Waals surface area contributed by atoms with Crippen molar-refractivity contribution in [3.8, 4) is 10.6 Å². The molecule has 2 nitrogen and oxygen atoms in total. The maximum atomic E-state index is 12.5. The zero-order valence-corrected chi connectivity index (χ0v) is 11.5. The maximum absolute atomic E-state index is 12.5. The quantitative estimate of drug-likeness (QED) is 0.829. The maximum Gasteiger partial charge on any atom is 0.416 e. The van der Waals surface area contributed by atoms with Crippen molar-refractivity contribution in [3.05, 3.63) is 52.7 Å². The van der Waals surface area contributed by atoms with Gasteiger partial charge < -0.3 is 5.11 Å². The Morgan fingerprint density at radius 3 is 2.40 bits per heavy atom. The summed E-state index contributed by atoms with van der Waals surface area (Å²) in [6, 6.07) is 4.88. The van der Waals surface area contributed by atoms with Gasteiger partial charge in [0, 0.05) is 16.9 Å². The number of aliphatic hydroxyl groups excluding tert-OH is 1. The Bertz CT molecular complexity index is 629. The van der Waals surface area contributed by atoms with E-state index in [1.165, 1.54) is 23.5 Å². The largest absolute Gasteiger partial charge is 0.513 e. The van der Waals surface area contributed by atoms with Crippen LogP contribution < -0.4 is 0 Å². The molecule has 6 heteroatoms. The normalized spacial score (nSPS) is 11.6. The van der Waals surface area contributed by atoms with Crippen LogP contribution in [0.15, 0.2) is 36.6 Å². The van der Waals surface area contributed by atoms with E-state index < -0.39 is 11.7 Å². The summed E-state index contributed by atoms with van der Waals surface area (Å²) >= 11 is 1.34. The van der Waals surface area contributed by atoms with E-state index in [0.717, 1.165) is 22.7 Å². The average Bonchev–Trinajstić information content (AvgIpc) is 2.69. The van der Waals surface area contributed by atoms with E-state index in [1.54, 1.807) is 6.92 Å². The van der Waals surface area contributed by atoms with Gasteiger partial charge in [0.05, 0.1) is 17.0 Å². The van der Waals surface area contributed by atoms with Crippen molar-refractivity contribution in [3.63, 3.8) is 0 Å². The highest BCUT2D eigenvalue weighted by molar-refractivity contribution is 7.15. The van der Waals surface area contributed by atoms with Crippen molar-refractivity contribution >= 4 is 11.3 Å². The lowest BCUT2D eigenvalue weighted by atomic mass is 10.1. The molecule has 0 unspecified atom stereocenters. The molecule has 1 N–H and O–H groups in total. The van der Waals surface area contributed by atoms with Crippen molar-refractivity contribution in [2.45, 2.75) is 19.5 Å². The highest BCUT2D eigenvalue weighted by Crippen LogP contribution is 2.33. The Kier molecular flexibility index (Phi) is 3.85. The summed E-state index contributed by atoms with van der Waals surface area (Å²) in [6.45, 7) is 5.22. The van der Waals surface area contributed by atoms with Crippen LogP contribution in [0, 0.1) is 6.92 Å². The van der Waals surface area contributed by atoms with E-state index in [1.807, 2.05) is 0 Å². The molecule has 1 aromatic carbocycles. The van der Waals surface area contributed by atoms with Gasteiger partial charge in [0.2, 0.25) is 0 Å². The number of halogens is 3. The SMILES string of the molecule is C=C(O)Cc1sc(-c2ccc(C(F)(F)F)cc2)nc1C. The zero-order valence-electron chi connectivity index (χ0n) is 10.7. The molecule has 0 aliphatic carbocycles. The molecule has 0 atom stereocenters. The highest BCUT2D eigenvalue weighted by Gasteiger charge is 2.30. The van der Waals surface area contributed by atoms with Crippen LogP contribution in [0.4, 0.5) is 13.2 Å². The number of hydrogen-bond donors (Lipinski definition) is 1. The minimum atomic E-state index is -4.34. The Labute approximate surface area is 118 Å². The summed E-state index contributed by atoms with van der Waals surface area (Å²) in [5.41, 5.74) is 0.694. The molecular weight excluding hydrogens is 287 g/mol. The highest BCUT2D eigenvalue weighted by atomic mass is 32.1. The van der Waals surface area contributed by atoms with Crippen molar-refractivity contribution < 1.29 is 18.3 Å². The van der Waals surface area contributed by atoms with E-state index in [2.05, 4.69) is 11.6 Å². The number of aliphatic hydroxyl groups is 1. The molecule has 0 radical (unpaired) electrons. The van der Waals surface area contributed by atoms with Crippen molar-refractivity contribution in [2.24, 2.45) is 0 Å². The van der Waals surface area contributed by atoms with Crippen LogP contribution in [-0.2, 0) is 12.6 Å². The van der Waals surface area contributed by atoms with E-state index in [4.69, 9.17) is 0 Å². The fourth-order valence-corrected chi connectivity index (χ4v) is 2.80. The Balaban J connectivity index is 2.30. The number of aromatic nitrogens is 1. The van der Waals surface area contributed by atoms with Gasteiger partial charge in [-0.1, -0.05) is 18.7 Å². The lowest BCUT2D eigenvalue weighted by Crippen LogP contribution is -2.03. The summed E-state index contributed by atoms with van der Waals surface area (Å²) in [7, 11) is 0. The number of benzene rings is 1. The second kappa shape index (κ2) is 5.28. The van der Waals surface area contributed by atoms with Crippen molar-refractivity contribution in [1.82, 2.24) is 4.98 Å². The van der Waals surface area contributed by atoms with Gasteiger partial charge >= 0.3 is 6.18 Å². The van der Waals surface area contributed by atoms with Gasteiger partial charge in [-0.25, -0.2) is 4.98 Å². The van der Waals surface area contributed by atoms with Crippen molar-refractivity contribution in [1.29, 1.82) is 0 Å². The van der Waals surface area contributed by atoms with Crippen LogP contribution in [0.1, 0.15) is 16.1 Å². The van der Waals surface area contributed by atoms with Crippen molar-refractivity contribution in [2.75, 3.05) is 0 Å². The summed E-state index contributed by atoms with van der Waals surface area (Å²) < 4.78 is 37.4. The van der Waals surface area contributed by atoms with Crippen LogP contribution >= 0.6 is 11.3 Å². The molecule has 20 heavy (non-hydrogen) atoms. The number of aryl methyl sites for hydroxylation is 1. The summed E-state index contributed by atoms with van der Waals surface area (Å²) in [5.74, 6) is 0.0377. The van der Waals surface area contributed by atoms with Gasteiger partial charge in [-0.3, -0.25) is 0 Å². The Morgan fingerprint density at radius 1 is 1.30 bits per heavy atom. The molecule has 2 rings (SSSR count). The predicted molar refractivity (Wildman–Crippen MR) is 72.8 cm³/mol. The van der Waals surface area contributed by atoms with Crippen LogP contribution in [0.2, 0.25) is 0 Å². The monoisotopic (exact) mass is 299 g/mol. The minimum absolute atomic E-state index is 0.0377. The minimum Gasteiger partial charge on any atom is -0.513 e. The fourth-order valence-electron chi connectivity index (χ4n) is 1.70. The lowest BCUT2D eigenvalue weighted by Gasteiger charge is -2.06. The van der Waals surface area contributed by atoms with E-state index in [9.17, 15) is 18.3 Å². The first kappa shape index (κ1) is 14.6. The molecule has 2 aromatic rings. The lowest BCUT2D eigenvalue weighted by molar-refractivity contribution is -0.137. The molecule has 0 bridgehead atoms. The van der Waals surface area contributed by atoms with Gasteiger partial charge in [-0.05, 0) is 19.1 Å². The van der Waals surface area contributed by atoms with Gasteiger partial charge in [-0.2, -0.15) is 13.2 Å². The molecule has 106 valence electrons. The molecule has 0 fully saturated rings. The van der Waals surface area contributed by atoms with Crippen LogP contribution in [0.25, 0.3) is 10.6 Å². The average molecular weight is 299 g/mol. The van der Waals surface area contributed by atoms with E-state index >= 15 is 0 Å². The molecule has 0 saturated heterocycles. The smallest absolute Gasteiger partial charge is 0.416 e. The van der Waals surface area contributed by atoms with E-state index in [-0.39, 0.29) is 5.76 Å². The molecule has 0 aliphatic rings. The number of allylic oxidation sites excluding steroid dienone is 1. The summed E-state index contributed by atoms with van der Waals surface area (Å²) in [6.07, 6.45) is -4.03.